The number of amides is 4. The van der Waals surface area contributed by atoms with E-state index in [0.29, 0.717) is 38.5 Å². The van der Waals surface area contributed by atoms with Gasteiger partial charge in [0, 0.05) is 26.7 Å². The number of nitrogens with two attached hydrogens (primary N) is 4. The number of carbonyl (C=O) groups is 5. The Labute approximate surface area is 238 Å². The van der Waals surface area contributed by atoms with Crippen molar-refractivity contribution in [2.24, 2.45) is 32.9 Å². The number of hydrogen-bond acceptors (Lipinski definition) is 7. The van der Waals surface area contributed by atoms with Crippen molar-refractivity contribution in [1.29, 1.82) is 0 Å². The number of benzene rings is 1. The third-order valence-electron chi connectivity index (χ3n) is 5.68. The van der Waals surface area contributed by atoms with Gasteiger partial charge in [-0.05, 0) is 49.8 Å². The molecule has 1 aromatic carbocycles. The largest absolute Gasteiger partial charge is 0.478 e. The Hall–Kier alpha value is -4.89. The summed E-state index contributed by atoms with van der Waals surface area (Å²) in [7, 11) is 1.40. The molecule has 12 N–H and O–H groups in total. The Morgan fingerprint density at radius 1 is 0.951 bits per heavy atom. The molecule has 226 valence electrons. The first kappa shape index (κ1) is 34.1. The first-order valence-electron chi connectivity index (χ1n) is 12.9. The van der Waals surface area contributed by atoms with Crippen molar-refractivity contribution in [3.05, 3.63) is 35.4 Å². The van der Waals surface area contributed by atoms with E-state index in [0.717, 1.165) is 10.5 Å². The zero-order valence-electron chi connectivity index (χ0n) is 23.0. The SMILES string of the molecule is CN(CC(=O)N[C@H](C=O)CCCN=C(N)N)C(=O)[C@@H](CCCN=C(N)N)NC(=O)NCCc1ccc(C(=O)O)cc1. The van der Waals surface area contributed by atoms with Gasteiger partial charge in [-0.15, -0.1) is 0 Å². The van der Waals surface area contributed by atoms with Crippen LogP contribution >= 0.6 is 0 Å². The van der Waals surface area contributed by atoms with Gasteiger partial charge in [-0.25, -0.2) is 9.59 Å². The molecule has 0 heterocycles. The Morgan fingerprint density at radius 2 is 1.54 bits per heavy atom. The highest BCUT2D eigenvalue weighted by Crippen LogP contribution is 2.06. The van der Waals surface area contributed by atoms with Gasteiger partial charge in [0.25, 0.3) is 0 Å². The molecule has 1 aromatic rings. The zero-order chi connectivity index (χ0) is 30.8. The summed E-state index contributed by atoms with van der Waals surface area (Å²) in [4.78, 5) is 69.3. The maximum Gasteiger partial charge on any atom is 0.335 e. The van der Waals surface area contributed by atoms with E-state index in [1.807, 2.05) is 0 Å². The fourth-order valence-electron chi connectivity index (χ4n) is 3.61. The molecule has 0 aliphatic rings. The highest BCUT2D eigenvalue weighted by molar-refractivity contribution is 5.90. The molecule has 16 nitrogen and oxygen atoms in total. The molecule has 0 bridgehead atoms. The van der Waals surface area contributed by atoms with Gasteiger partial charge in [-0.2, -0.15) is 0 Å². The molecule has 0 radical (unpaired) electrons. The molecule has 0 fully saturated rings. The lowest BCUT2D eigenvalue weighted by Gasteiger charge is -2.25. The van der Waals surface area contributed by atoms with E-state index in [9.17, 15) is 24.0 Å². The van der Waals surface area contributed by atoms with Gasteiger partial charge in [-0.1, -0.05) is 12.1 Å². The van der Waals surface area contributed by atoms with E-state index in [2.05, 4.69) is 25.9 Å². The summed E-state index contributed by atoms with van der Waals surface area (Å²) in [6, 6.07) is 3.87. The summed E-state index contributed by atoms with van der Waals surface area (Å²) in [5, 5.41) is 16.8. The average molecular weight is 577 g/mol. The maximum atomic E-state index is 13.1. The molecular weight excluding hydrogens is 536 g/mol. The normalized spacial score (nSPS) is 11.7. The molecule has 0 aliphatic heterocycles. The van der Waals surface area contributed by atoms with E-state index in [-0.39, 0.29) is 43.5 Å². The number of carbonyl (C=O) groups excluding carboxylic acids is 4. The fraction of sp³-hybridized carbons (Fsp3) is 0.480. The fourth-order valence-corrected chi connectivity index (χ4v) is 3.61. The van der Waals surface area contributed by atoms with Crippen molar-refractivity contribution in [2.75, 3.05) is 33.2 Å². The Bertz CT molecular complexity index is 1080. The minimum atomic E-state index is -1.03. The monoisotopic (exact) mass is 576 g/mol. The number of nitrogens with one attached hydrogen (secondary N) is 3. The van der Waals surface area contributed by atoms with Crippen molar-refractivity contribution in [3.8, 4) is 0 Å². The van der Waals surface area contributed by atoms with E-state index in [1.165, 1.54) is 19.2 Å². The standard InChI is InChI=1S/C25H40N10O6/c1-35(14-20(37)33-18(15-36)4-2-11-30-23(26)27)21(38)19(5-3-12-31-24(28)29)34-25(41)32-13-10-16-6-8-17(9-7-16)22(39)40/h6-9,15,18-19H,2-5,10-14H2,1H3,(H,33,37)(H,39,40)(H4,26,27,30)(H4,28,29,31)(H2,32,34,41)/t18-,19+/m0/s1. The Morgan fingerprint density at radius 3 is 2.07 bits per heavy atom. The molecule has 41 heavy (non-hydrogen) atoms. The van der Waals surface area contributed by atoms with Crippen LogP contribution in [0, 0.1) is 0 Å². The summed E-state index contributed by atoms with van der Waals surface area (Å²) in [5.74, 6) is -2.29. The van der Waals surface area contributed by atoms with Crippen LogP contribution in [0.4, 0.5) is 4.79 Å². The number of aliphatic imine (C=N–C) groups is 2. The van der Waals surface area contributed by atoms with Crippen LogP contribution in [-0.2, 0) is 20.8 Å². The summed E-state index contributed by atoms with van der Waals surface area (Å²) in [6.07, 6.45) is 2.35. The molecule has 0 unspecified atom stereocenters. The number of hydrogen-bond donors (Lipinski definition) is 8. The van der Waals surface area contributed by atoms with Gasteiger partial charge in [0.05, 0.1) is 18.2 Å². The predicted molar refractivity (Wildman–Crippen MR) is 153 cm³/mol. The topological polar surface area (TPSA) is 274 Å². The minimum absolute atomic E-state index is 0.0701. The van der Waals surface area contributed by atoms with Gasteiger partial charge in [-0.3, -0.25) is 19.6 Å². The minimum Gasteiger partial charge on any atom is -0.478 e. The third kappa shape index (κ3) is 14.7. The van der Waals surface area contributed by atoms with Crippen LogP contribution in [0.3, 0.4) is 0 Å². The Balaban J connectivity index is 2.69. The van der Waals surface area contributed by atoms with Crippen LogP contribution in [-0.4, -0.2) is 97.3 Å². The molecule has 16 heteroatoms. The molecule has 4 amide bonds. The molecule has 2 atom stereocenters. The highest BCUT2D eigenvalue weighted by Gasteiger charge is 2.25. The number of carboxylic acid groups (broad SMARTS) is 1. The van der Waals surface area contributed by atoms with Crippen LogP contribution in [0.2, 0.25) is 0 Å². The first-order valence-corrected chi connectivity index (χ1v) is 12.9. The van der Waals surface area contributed by atoms with E-state index >= 15 is 0 Å². The van der Waals surface area contributed by atoms with Crippen LogP contribution < -0.4 is 38.9 Å². The molecule has 1 rings (SSSR count). The number of carboxylic acids is 1. The van der Waals surface area contributed by atoms with Crippen molar-refractivity contribution < 1.29 is 29.1 Å². The lowest BCUT2D eigenvalue weighted by molar-refractivity contribution is -0.136. The molecule has 0 spiro atoms. The average Bonchev–Trinajstić information content (AvgIpc) is 2.91. The zero-order valence-corrected chi connectivity index (χ0v) is 23.0. The van der Waals surface area contributed by atoms with Crippen molar-refractivity contribution in [2.45, 2.75) is 44.2 Å². The summed E-state index contributed by atoms with van der Waals surface area (Å²) < 4.78 is 0. The number of aromatic carboxylic acids is 1. The second-order valence-corrected chi connectivity index (χ2v) is 9.11. The van der Waals surface area contributed by atoms with Crippen LogP contribution in [0.5, 0.6) is 0 Å². The number of rotatable bonds is 18. The number of aldehydes is 1. The van der Waals surface area contributed by atoms with Crippen LogP contribution in [0.25, 0.3) is 0 Å². The maximum absolute atomic E-state index is 13.1. The predicted octanol–water partition coefficient (Wildman–Crippen LogP) is -2.16. The number of urea groups is 1. The van der Waals surface area contributed by atoms with Gasteiger partial charge < -0.3 is 53.7 Å². The summed E-state index contributed by atoms with van der Waals surface area (Å²) in [6.45, 7) is 0.402. The third-order valence-corrected chi connectivity index (χ3v) is 5.68. The van der Waals surface area contributed by atoms with Crippen molar-refractivity contribution >= 4 is 42.0 Å². The van der Waals surface area contributed by atoms with Gasteiger partial charge in [0.2, 0.25) is 11.8 Å². The van der Waals surface area contributed by atoms with E-state index < -0.39 is 35.9 Å². The van der Waals surface area contributed by atoms with E-state index in [4.69, 9.17) is 28.0 Å². The number of likely N-dealkylation sites (N-methyl/N-ethyl adjacent to an activating group) is 1. The highest BCUT2D eigenvalue weighted by atomic mass is 16.4. The van der Waals surface area contributed by atoms with Crippen molar-refractivity contribution in [3.63, 3.8) is 0 Å². The summed E-state index contributed by atoms with van der Waals surface area (Å²) >= 11 is 0. The quantitative estimate of drug-likeness (QED) is 0.0406. The molecule has 0 saturated heterocycles. The molecular formula is C25H40N10O6. The van der Waals surface area contributed by atoms with Crippen molar-refractivity contribution in [1.82, 2.24) is 20.9 Å². The smallest absolute Gasteiger partial charge is 0.335 e. The lowest BCUT2D eigenvalue weighted by Crippen LogP contribution is -2.52. The summed E-state index contributed by atoms with van der Waals surface area (Å²) in [5.41, 5.74) is 22.2. The lowest BCUT2D eigenvalue weighted by atomic mass is 10.1. The molecule has 0 aromatic heterocycles. The van der Waals surface area contributed by atoms with Crippen LogP contribution in [0.1, 0.15) is 41.6 Å². The Kier molecular flexibility index (Phi) is 15.3. The number of guanidine groups is 2. The first-order chi connectivity index (χ1) is 19.4. The number of nitrogens with zero attached hydrogens (tertiary/aromatic N) is 3. The second kappa shape index (κ2) is 18.4. The van der Waals surface area contributed by atoms with Crippen LogP contribution in [0.15, 0.2) is 34.3 Å². The van der Waals surface area contributed by atoms with Gasteiger partial charge >= 0.3 is 12.0 Å². The van der Waals surface area contributed by atoms with Gasteiger partial charge in [0.1, 0.15) is 12.3 Å². The molecule has 0 saturated carbocycles. The van der Waals surface area contributed by atoms with E-state index in [1.54, 1.807) is 12.1 Å². The molecule has 0 aliphatic carbocycles. The van der Waals surface area contributed by atoms with Gasteiger partial charge in [0.15, 0.2) is 11.9 Å². The second-order valence-electron chi connectivity index (χ2n) is 9.11.